The van der Waals surface area contributed by atoms with Gasteiger partial charge in [0, 0.05) is 13.6 Å². The van der Waals surface area contributed by atoms with Gasteiger partial charge in [0.2, 0.25) is 0 Å². The lowest BCUT2D eigenvalue weighted by atomic mass is 9.89. The summed E-state index contributed by atoms with van der Waals surface area (Å²) in [5.74, 6) is 0.0247. The molecule has 1 fully saturated rings. The van der Waals surface area contributed by atoms with Crippen LogP contribution in [0.15, 0.2) is 35.3 Å². The summed E-state index contributed by atoms with van der Waals surface area (Å²) < 4.78 is 40.7. The first-order valence-electron chi connectivity index (χ1n) is 10.7. The van der Waals surface area contributed by atoms with Gasteiger partial charge >= 0.3 is 6.18 Å². The number of halogens is 3. The van der Waals surface area contributed by atoms with Gasteiger partial charge in [0.05, 0.1) is 17.6 Å². The summed E-state index contributed by atoms with van der Waals surface area (Å²) in [5.41, 5.74) is 5.19. The summed E-state index contributed by atoms with van der Waals surface area (Å²) in [6.45, 7) is 7.02. The highest BCUT2D eigenvalue weighted by Crippen LogP contribution is 2.42. The number of hydrogen-bond acceptors (Lipinski definition) is 1. The molecule has 3 rings (SSSR count). The van der Waals surface area contributed by atoms with E-state index in [0.717, 1.165) is 60.2 Å². The van der Waals surface area contributed by atoms with Crippen LogP contribution in [0.2, 0.25) is 0 Å². The Morgan fingerprint density at radius 1 is 1.07 bits per heavy atom. The van der Waals surface area contributed by atoms with E-state index < -0.39 is 11.7 Å². The monoisotopic (exact) mass is 416 g/mol. The van der Waals surface area contributed by atoms with Gasteiger partial charge in [0.1, 0.15) is 0 Å². The summed E-state index contributed by atoms with van der Waals surface area (Å²) in [5, 5.41) is 0. The molecule has 0 radical (unpaired) electrons. The average Bonchev–Trinajstić information content (AvgIpc) is 3.23. The minimum atomic E-state index is -4.30. The zero-order valence-electron chi connectivity index (χ0n) is 18.3. The molecule has 2 aromatic rings. The molecule has 0 heterocycles. The SMILES string of the molecule is CCN(C)C=Nc1cc(C)c(Cc2ccc(C(F)(F)F)c(C3CCCC3)c2)cc1C. The first-order chi connectivity index (χ1) is 14.2. The Kier molecular flexibility index (Phi) is 6.89. The van der Waals surface area contributed by atoms with Gasteiger partial charge < -0.3 is 4.90 Å². The summed E-state index contributed by atoms with van der Waals surface area (Å²) in [6.07, 6.45) is 1.88. The van der Waals surface area contributed by atoms with Crippen molar-refractivity contribution in [3.05, 3.63) is 63.7 Å². The van der Waals surface area contributed by atoms with Gasteiger partial charge in [0.25, 0.3) is 0 Å². The van der Waals surface area contributed by atoms with E-state index in [9.17, 15) is 13.2 Å². The van der Waals surface area contributed by atoms with Crippen LogP contribution in [0.4, 0.5) is 18.9 Å². The predicted molar refractivity (Wildman–Crippen MR) is 118 cm³/mol. The Balaban J connectivity index is 1.90. The molecule has 0 aliphatic heterocycles. The Bertz CT molecular complexity index is 909. The third-order valence-electron chi connectivity index (χ3n) is 6.16. The van der Waals surface area contributed by atoms with E-state index in [0.29, 0.717) is 12.0 Å². The highest BCUT2D eigenvalue weighted by Gasteiger charge is 2.35. The van der Waals surface area contributed by atoms with Crippen molar-refractivity contribution in [2.24, 2.45) is 4.99 Å². The summed E-state index contributed by atoms with van der Waals surface area (Å²) in [7, 11) is 1.98. The maximum Gasteiger partial charge on any atom is 0.416 e. The second-order valence-electron chi connectivity index (χ2n) is 8.46. The molecule has 1 saturated carbocycles. The van der Waals surface area contributed by atoms with Crippen LogP contribution in [0.5, 0.6) is 0 Å². The van der Waals surface area contributed by atoms with Gasteiger partial charge in [-0.15, -0.1) is 0 Å². The van der Waals surface area contributed by atoms with Crippen LogP contribution in [0, 0.1) is 13.8 Å². The van der Waals surface area contributed by atoms with Gasteiger partial charge in [-0.25, -0.2) is 4.99 Å². The molecule has 162 valence electrons. The minimum Gasteiger partial charge on any atom is -0.366 e. The molecule has 0 N–H and O–H groups in total. The molecule has 0 spiro atoms. The van der Waals surface area contributed by atoms with Crippen molar-refractivity contribution < 1.29 is 13.2 Å². The number of nitrogens with zero attached hydrogens (tertiary/aromatic N) is 2. The fourth-order valence-corrected chi connectivity index (χ4v) is 4.21. The van der Waals surface area contributed by atoms with Crippen LogP contribution < -0.4 is 0 Å². The third-order valence-corrected chi connectivity index (χ3v) is 6.16. The zero-order valence-corrected chi connectivity index (χ0v) is 18.3. The second kappa shape index (κ2) is 9.23. The van der Waals surface area contributed by atoms with Crippen molar-refractivity contribution in [3.63, 3.8) is 0 Å². The topological polar surface area (TPSA) is 15.6 Å². The molecule has 0 aromatic heterocycles. The molecule has 1 aliphatic rings. The Hall–Kier alpha value is -2.30. The average molecular weight is 417 g/mol. The van der Waals surface area contributed by atoms with Crippen molar-refractivity contribution in [2.75, 3.05) is 13.6 Å². The van der Waals surface area contributed by atoms with Crippen LogP contribution in [0.25, 0.3) is 0 Å². The van der Waals surface area contributed by atoms with Gasteiger partial charge in [-0.2, -0.15) is 13.2 Å². The van der Waals surface area contributed by atoms with Crippen molar-refractivity contribution >= 4 is 12.0 Å². The standard InChI is InChI=1S/C25H31F3N2/c1-5-30(4)16-29-24-13-17(2)21(12-18(24)3)14-19-10-11-23(25(26,27)28)22(15-19)20-8-6-7-9-20/h10-13,15-16,20H,5-9,14H2,1-4H3. The van der Waals surface area contributed by atoms with Crippen LogP contribution in [0.1, 0.15) is 71.9 Å². The van der Waals surface area contributed by atoms with Crippen molar-refractivity contribution in [1.29, 1.82) is 0 Å². The number of rotatable bonds is 6. The first-order valence-corrected chi connectivity index (χ1v) is 10.7. The maximum atomic E-state index is 13.6. The number of alkyl halides is 3. The highest BCUT2D eigenvalue weighted by molar-refractivity contribution is 5.64. The lowest BCUT2D eigenvalue weighted by Crippen LogP contribution is -2.14. The Morgan fingerprint density at radius 2 is 1.77 bits per heavy atom. The van der Waals surface area contributed by atoms with E-state index in [4.69, 9.17) is 0 Å². The smallest absolute Gasteiger partial charge is 0.366 e. The molecule has 0 amide bonds. The summed E-state index contributed by atoms with van der Waals surface area (Å²) >= 11 is 0. The molecule has 0 atom stereocenters. The first kappa shape index (κ1) is 22.4. The number of aliphatic imine (C=N–C) groups is 1. The van der Waals surface area contributed by atoms with E-state index in [1.165, 1.54) is 6.07 Å². The van der Waals surface area contributed by atoms with Crippen LogP contribution in [-0.4, -0.2) is 24.8 Å². The van der Waals surface area contributed by atoms with Gasteiger partial charge in [0.15, 0.2) is 0 Å². The van der Waals surface area contributed by atoms with E-state index in [1.807, 2.05) is 32.1 Å². The lowest BCUT2D eigenvalue weighted by Gasteiger charge is -2.19. The molecule has 0 unspecified atom stereocenters. The molecule has 30 heavy (non-hydrogen) atoms. The largest absolute Gasteiger partial charge is 0.416 e. The molecular weight excluding hydrogens is 385 g/mol. The van der Waals surface area contributed by atoms with Crippen LogP contribution >= 0.6 is 0 Å². The molecule has 2 nitrogen and oxygen atoms in total. The Labute approximate surface area is 177 Å². The van der Waals surface area contributed by atoms with E-state index >= 15 is 0 Å². The molecule has 1 aliphatic carbocycles. The number of aryl methyl sites for hydroxylation is 2. The summed E-state index contributed by atoms with van der Waals surface area (Å²) in [6, 6.07) is 8.89. The minimum absolute atomic E-state index is 0.0247. The van der Waals surface area contributed by atoms with E-state index in [2.05, 4.69) is 24.0 Å². The van der Waals surface area contributed by atoms with Crippen molar-refractivity contribution in [2.45, 2.75) is 65.0 Å². The van der Waals surface area contributed by atoms with Crippen molar-refractivity contribution in [1.82, 2.24) is 4.90 Å². The highest BCUT2D eigenvalue weighted by atomic mass is 19.4. The molecule has 0 saturated heterocycles. The molecular formula is C25H31F3N2. The lowest BCUT2D eigenvalue weighted by molar-refractivity contribution is -0.138. The quantitative estimate of drug-likeness (QED) is 0.360. The third kappa shape index (κ3) is 5.24. The normalized spacial score (nSPS) is 15.3. The predicted octanol–water partition coefficient (Wildman–Crippen LogP) is 7.18. The number of benzene rings is 2. The van der Waals surface area contributed by atoms with E-state index in [-0.39, 0.29) is 5.92 Å². The van der Waals surface area contributed by atoms with Gasteiger partial charge in [-0.1, -0.05) is 31.0 Å². The fourth-order valence-electron chi connectivity index (χ4n) is 4.21. The second-order valence-corrected chi connectivity index (χ2v) is 8.46. The molecule has 0 bridgehead atoms. The van der Waals surface area contributed by atoms with Crippen molar-refractivity contribution in [3.8, 4) is 0 Å². The van der Waals surface area contributed by atoms with Gasteiger partial charge in [-0.05, 0) is 85.9 Å². The maximum absolute atomic E-state index is 13.6. The fraction of sp³-hybridized carbons (Fsp3) is 0.480. The zero-order chi connectivity index (χ0) is 21.9. The van der Waals surface area contributed by atoms with E-state index in [1.54, 1.807) is 12.1 Å². The van der Waals surface area contributed by atoms with Crippen LogP contribution in [0.3, 0.4) is 0 Å². The van der Waals surface area contributed by atoms with Gasteiger partial charge in [-0.3, -0.25) is 0 Å². The Morgan fingerprint density at radius 3 is 2.40 bits per heavy atom. The van der Waals surface area contributed by atoms with Crippen LogP contribution in [-0.2, 0) is 12.6 Å². The summed E-state index contributed by atoms with van der Waals surface area (Å²) in [4.78, 5) is 6.58. The molecule has 2 aromatic carbocycles. The number of hydrogen-bond donors (Lipinski definition) is 0. The molecule has 5 heteroatoms.